The van der Waals surface area contributed by atoms with Gasteiger partial charge in [-0.2, -0.15) is 0 Å². The fraction of sp³-hybridized carbons (Fsp3) is 0.0714. The second-order valence-corrected chi connectivity index (χ2v) is 6.62. The summed E-state index contributed by atoms with van der Waals surface area (Å²) in [7, 11) is -3.68. The van der Waals surface area contributed by atoms with Crippen molar-refractivity contribution >= 4 is 38.7 Å². The summed E-state index contributed by atoms with van der Waals surface area (Å²) < 4.78 is 26.7. The van der Waals surface area contributed by atoms with Crippen LogP contribution in [0, 0.1) is 6.92 Å². The number of nitrogens with zero attached hydrogens (tertiary/aromatic N) is 1. The molecule has 0 saturated carbocycles. The normalized spacial score (nSPS) is 16.4. The zero-order chi connectivity index (χ0) is 14.3. The van der Waals surface area contributed by atoms with Crippen molar-refractivity contribution in [2.45, 2.75) is 11.8 Å². The molecule has 0 aliphatic carbocycles. The van der Waals surface area contributed by atoms with Gasteiger partial charge in [0.2, 0.25) is 0 Å². The first-order chi connectivity index (χ1) is 9.51. The van der Waals surface area contributed by atoms with Crippen LogP contribution in [0.3, 0.4) is 0 Å². The van der Waals surface area contributed by atoms with Gasteiger partial charge in [0.05, 0.1) is 11.4 Å². The van der Waals surface area contributed by atoms with Gasteiger partial charge in [-0.15, -0.1) is 0 Å². The number of aryl methyl sites for hydroxylation is 1. The van der Waals surface area contributed by atoms with Gasteiger partial charge in [0.1, 0.15) is 4.90 Å². The van der Waals surface area contributed by atoms with E-state index >= 15 is 0 Å². The van der Waals surface area contributed by atoms with E-state index in [9.17, 15) is 8.42 Å². The maximum atomic E-state index is 12.8. The topological polar surface area (TPSA) is 49.4 Å². The zero-order valence-corrected chi connectivity index (χ0v) is 12.3. The predicted octanol–water partition coefficient (Wildman–Crippen LogP) is 2.90. The highest BCUT2D eigenvalue weighted by molar-refractivity contribution is 7.96. The van der Waals surface area contributed by atoms with E-state index in [0.717, 1.165) is 5.56 Å². The van der Waals surface area contributed by atoms with Crippen molar-refractivity contribution in [2.24, 2.45) is 0 Å². The van der Waals surface area contributed by atoms with Gasteiger partial charge in [-0.25, -0.2) is 12.7 Å². The lowest BCUT2D eigenvalue weighted by Gasteiger charge is -2.31. The smallest absolute Gasteiger partial charge is 0.272 e. The molecule has 1 heterocycles. The van der Waals surface area contributed by atoms with Crippen LogP contribution in [0.2, 0.25) is 0 Å². The van der Waals surface area contributed by atoms with Gasteiger partial charge in [-0.3, -0.25) is 0 Å². The summed E-state index contributed by atoms with van der Waals surface area (Å²) in [6, 6.07) is 14.0. The van der Waals surface area contributed by atoms with Gasteiger partial charge >= 0.3 is 0 Å². The van der Waals surface area contributed by atoms with Crippen molar-refractivity contribution in [1.29, 1.82) is 0 Å². The Morgan fingerprint density at radius 3 is 2.45 bits per heavy atom. The number of benzene rings is 2. The average Bonchev–Trinajstić information content (AvgIpc) is 2.40. The lowest BCUT2D eigenvalue weighted by atomic mass is 10.2. The Kier molecular flexibility index (Phi) is 2.99. The van der Waals surface area contributed by atoms with Crippen LogP contribution in [0.25, 0.3) is 0 Å². The molecular formula is C14H12N2O2S2. The number of para-hydroxylation sites is 2. The molecule has 2 aromatic carbocycles. The zero-order valence-electron chi connectivity index (χ0n) is 10.7. The van der Waals surface area contributed by atoms with Gasteiger partial charge < -0.3 is 5.32 Å². The second-order valence-electron chi connectivity index (χ2n) is 4.48. The molecule has 1 N–H and O–H groups in total. The van der Waals surface area contributed by atoms with Crippen molar-refractivity contribution in [3.8, 4) is 0 Å². The van der Waals surface area contributed by atoms with Crippen LogP contribution in [-0.2, 0) is 10.0 Å². The van der Waals surface area contributed by atoms with Crippen molar-refractivity contribution < 1.29 is 8.42 Å². The maximum Gasteiger partial charge on any atom is 0.272 e. The average molecular weight is 304 g/mol. The first-order valence-electron chi connectivity index (χ1n) is 6.03. The first kappa shape index (κ1) is 13.1. The molecule has 20 heavy (non-hydrogen) atoms. The maximum absolute atomic E-state index is 12.8. The van der Waals surface area contributed by atoms with Crippen molar-refractivity contribution in [3.63, 3.8) is 0 Å². The number of sulfonamides is 1. The van der Waals surface area contributed by atoms with Gasteiger partial charge in [0, 0.05) is 0 Å². The van der Waals surface area contributed by atoms with E-state index in [1.165, 1.54) is 4.31 Å². The minimum atomic E-state index is -3.68. The molecule has 3 rings (SSSR count). The number of rotatable bonds is 1. The Labute approximate surface area is 123 Å². The molecule has 102 valence electrons. The predicted molar refractivity (Wildman–Crippen MR) is 83.5 cm³/mol. The Morgan fingerprint density at radius 2 is 1.70 bits per heavy atom. The molecule has 0 amide bonds. The third kappa shape index (κ3) is 1.88. The lowest BCUT2D eigenvalue weighted by molar-refractivity contribution is 0.596. The molecule has 1 aliphatic rings. The first-order valence-corrected chi connectivity index (χ1v) is 7.87. The van der Waals surface area contributed by atoms with Crippen LogP contribution in [0.15, 0.2) is 53.4 Å². The summed E-state index contributed by atoms with van der Waals surface area (Å²) in [4.78, 5) is 0.233. The number of nitrogens with one attached hydrogen (secondary N) is 1. The molecule has 0 aromatic heterocycles. The molecule has 4 nitrogen and oxygen atoms in total. The largest absolute Gasteiger partial charge is 0.330 e. The lowest BCUT2D eigenvalue weighted by Crippen LogP contribution is -2.44. The summed E-state index contributed by atoms with van der Waals surface area (Å²) in [6.07, 6.45) is 0. The molecule has 0 spiro atoms. The highest BCUT2D eigenvalue weighted by atomic mass is 32.2. The SMILES string of the molecule is Cc1ccccc1N1C(=S)Nc2ccccc2S1(=O)=O. The van der Waals surface area contributed by atoms with Gasteiger partial charge in [0.25, 0.3) is 10.0 Å². The number of hydrogen-bond donors (Lipinski definition) is 1. The van der Waals surface area contributed by atoms with Gasteiger partial charge in [0.15, 0.2) is 5.11 Å². The molecule has 0 saturated heterocycles. The van der Waals surface area contributed by atoms with E-state index in [1.807, 2.05) is 19.1 Å². The molecule has 6 heteroatoms. The quantitative estimate of drug-likeness (QED) is 0.823. The van der Waals surface area contributed by atoms with Crippen molar-refractivity contribution in [3.05, 3.63) is 54.1 Å². The molecule has 1 aliphatic heterocycles. The minimum absolute atomic E-state index is 0.165. The summed E-state index contributed by atoms with van der Waals surface area (Å²) in [5.74, 6) is 0. The van der Waals surface area contributed by atoms with Crippen LogP contribution >= 0.6 is 12.2 Å². The molecule has 0 atom stereocenters. The Bertz CT molecular complexity index is 800. The van der Waals surface area contributed by atoms with Crippen LogP contribution in [0.4, 0.5) is 11.4 Å². The van der Waals surface area contributed by atoms with E-state index < -0.39 is 10.0 Å². The number of hydrogen-bond acceptors (Lipinski definition) is 3. The highest BCUT2D eigenvalue weighted by Crippen LogP contribution is 2.34. The number of thiocarbonyl (C=S) groups is 1. The van der Waals surface area contributed by atoms with Gasteiger partial charge in [-0.05, 0) is 42.9 Å². The summed E-state index contributed by atoms with van der Waals surface area (Å²) >= 11 is 5.23. The molecule has 0 unspecified atom stereocenters. The summed E-state index contributed by atoms with van der Waals surface area (Å²) in [5.41, 5.74) is 1.93. The standard InChI is InChI=1S/C14H12N2O2S2/c1-10-6-2-4-8-12(10)16-14(19)15-11-7-3-5-9-13(11)20(16,17)18/h2-9H,1H3,(H,15,19). The van der Waals surface area contributed by atoms with E-state index in [-0.39, 0.29) is 10.0 Å². The van der Waals surface area contributed by atoms with Gasteiger partial charge in [-0.1, -0.05) is 30.3 Å². The van der Waals surface area contributed by atoms with E-state index in [2.05, 4.69) is 5.32 Å². The third-order valence-corrected chi connectivity index (χ3v) is 5.34. The monoisotopic (exact) mass is 304 g/mol. The summed E-state index contributed by atoms with van der Waals surface area (Å²) in [5, 5.41) is 3.13. The minimum Gasteiger partial charge on any atom is -0.330 e. The van der Waals surface area contributed by atoms with E-state index in [0.29, 0.717) is 11.4 Å². The fourth-order valence-corrected chi connectivity index (χ4v) is 4.27. The van der Waals surface area contributed by atoms with Crippen LogP contribution in [-0.4, -0.2) is 13.5 Å². The molecule has 0 bridgehead atoms. The van der Waals surface area contributed by atoms with Crippen LogP contribution < -0.4 is 9.62 Å². The van der Waals surface area contributed by atoms with Crippen LogP contribution in [0.5, 0.6) is 0 Å². The molecular weight excluding hydrogens is 292 g/mol. The highest BCUT2D eigenvalue weighted by Gasteiger charge is 2.35. The third-order valence-electron chi connectivity index (χ3n) is 3.17. The number of fused-ring (bicyclic) bond motifs is 1. The Morgan fingerprint density at radius 1 is 1.05 bits per heavy atom. The second kappa shape index (κ2) is 4.57. The van der Waals surface area contributed by atoms with Crippen molar-refractivity contribution in [1.82, 2.24) is 0 Å². The van der Waals surface area contributed by atoms with Crippen molar-refractivity contribution in [2.75, 3.05) is 9.62 Å². The van der Waals surface area contributed by atoms with E-state index in [1.54, 1.807) is 36.4 Å². The Hall–Kier alpha value is -1.92. The van der Waals surface area contributed by atoms with E-state index in [4.69, 9.17) is 12.2 Å². The van der Waals surface area contributed by atoms with Crippen LogP contribution in [0.1, 0.15) is 5.56 Å². The molecule has 0 fully saturated rings. The molecule has 0 radical (unpaired) electrons. The summed E-state index contributed by atoms with van der Waals surface area (Å²) in [6.45, 7) is 1.86. The molecule has 2 aromatic rings. The number of anilines is 2. The Balaban J connectivity index is 2.24. The fourth-order valence-electron chi connectivity index (χ4n) is 2.20.